The Bertz CT molecular complexity index is 1290. The van der Waals surface area contributed by atoms with Crippen LogP contribution in [0.5, 0.6) is 5.75 Å². The van der Waals surface area contributed by atoms with Crippen LogP contribution < -0.4 is 4.74 Å². The summed E-state index contributed by atoms with van der Waals surface area (Å²) in [6.07, 6.45) is 6.29. The van der Waals surface area contributed by atoms with Crippen LogP contribution in [0.4, 0.5) is 0 Å². The third kappa shape index (κ3) is 5.54. The molecule has 1 unspecified atom stereocenters. The monoisotopic (exact) mass is 504 g/mol. The first-order valence-corrected chi connectivity index (χ1v) is 12.9. The van der Waals surface area contributed by atoms with Crippen molar-refractivity contribution < 1.29 is 19.4 Å². The minimum absolute atomic E-state index is 0.0748. The van der Waals surface area contributed by atoms with Crippen LogP contribution in [0.3, 0.4) is 0 Å². The number of ketones is 1. The van der Waals surface area contributed by atoms with Gasteiger partial charge in [0.2, 0.25) is 0 Å². The van der Waals surface area contributed by atoms with Crippen molar-refractivity contribution in [3.8, 4) is 5.75 Å². The number of carbonyl (C=O) groups excluding carboxylic acids is 2. The van der Waals surface area contributed by atoms with Crippen molar-refractivity contribution in [2.24, 2.45) is 0 Å². The van der Waals surface area contributed by atoms with Crippen molar-refractivity contribution >= 4 is 23.1 Å². The third-order valence-corrected chi connectivity index (χ3v) is 6.72. The highest BCUT2D eigenvalue weighted by Gasteiger charge is 2.46. The van der Waals surface area contributed by atoms with Gasteiger partial charge in [0.15, 0.2) is 5.76 Å². The average Bonchev–Trinajstić information content (AvgIpc) is 3.35. The largest absolute Gasteiger partial charge is 0.505 e. The molecule has 0 bridgehead atoms. The lowest BCUT2D eigenvalue weighted by Crippen LogP contribution is -2.35. The fraction of sp³-hybridized carbons (Fsp3) is 0.414. The van der Waals surface area contributed by atoms with Crippen LogP contribution in [-0.2, 0) is 9.59 Å². The Kier molecular flexibility index (Phi) is 8.28. The molecule has 196 valence electrons. The van der Waals surface area contributed by atoms with Crippen LogP contribution in [0.15, 0.2) is 54.2 Å². The third-order valence-electron chi connectivity index (χ3n) is 6.72. The summed E-state index contributed by atoms with van der Waals surface area (Å²) in [6, 6.07) is 12.3. The van der Waals surface area contributed by atoms with Gasteiger partial charge < -0.3 is 19.6 Å². The molecule has 1 N–H and O–H groups in total. The number of likely N-dealkylation sites (tertiary alicyclic amines) is 1. The van der Waals surface area contributed by atoms with Gasteiger partial charge in [-0.25, -0.2) is 4.98 Å². The number of amides is 1. The van der Waals surface area contributed by atoms with Crippen LogP contribution in [0.2, 0.25) is 0 Å². The van der Waals surface area contributed by atoms with E-state index < -0.39 is 17.7 Å². The lowest BCUT2D eigenvalue weighted by atomic mass is 9.96. The number of ether oxygens (including phenoxy) is 1. The van der Waals surface area contributed by atoms with E-state index in [1.807, 2.05) is 61.5 Å². The number of nitrogens with zero attached hydrogens (tertiary/aromatic N) is 4. The fourth-order valence-corrected chi connectivity index (χ4v) is 4.76. The molecule has 1 aliphatic rings. The second kappa shape index (κ2) is 11.6. The smallest absolute Gasteiger partial charge is 0.295 e. The summed E-state index contributed by atoms with van der Waals surface area (Å²) < 4.78 is 7.63. The summed E-state index contributed by atoms with van der Waals surface area (Å²) in [4.78, 5) is 34.6. The molecule has 1 aliphatic heterocycles. The van der Waals surface area contributed by atoms with Crippen LogP contribution in [-0.4, -0.2) is 69.8 Å². The van der Waals surface area contributed by atoms with Gasteiger partial charge >= 0.3 is 0 Å². The first-order chi connectivity index (χ1) is 17.8. The number of aromatic nitrogens is 2. The number of imidazole rings is 1. The number of hydrogen-bond acceptors (Lipinski definition) is 6. The summed E-state index contributed by atoms with van der Waals surface area (Å²) in [6.45, 7) is 5.54. The van der Waals surface area contributed by atoms with E-state index >= 15 is 0 Å². The molecule has 2 aromatic heterocycles. The van der Waals surface area contributed by atoms with E-state index in [0.717, 1.165) is 24.2 Å². The first-order valence-electron chi connectivity index (χ1n) is 12.9. The molecular formula is C29H36N4O4. The molecule has 1 saturated heterocycles. The van der Waals surface area contributed by atoms with E-state index in [0.29, 0.717) is 36.7 Å². The molecule has 1 fully saturated rings. The van der Waals surface area contributed by atoms with Gasteiger partial charge in [-0.2, -0.15) is 0 Å². The molecular weight excluding hydrogens is 468 g/mol. The number of aliphatic hydroxyl groups excluding tert-OH is 1. The average molecular weight is 505 g/mol. The fourth-order valence-electron chi connectivity index (χ4n) is 4.76. The van der Waals surface area contributed by atoms with Crippen LogP contribution in [0.25, 0.3) is 11.4 Å². The molecule has 8 nitrogen and oxygen atoms in total. The van der Waals surface area contributed by atoms with Gasteiger partial charge in [-0.1, -0.05) is 44.4 Å². The van der Waals surface area contributed by atoms with E-state index in [4.69, 9.17) is 4.74 Å². The van der Waals surface area contributed by atoms with E-state index in [2.05, 4.69) is 11.9 Å². The van der Waals surface area contributed by atoms with Gasteiger partial charge in [0.05, 0.1) is 23.9 Å². The zero-order valence-electron chi connectivity index (χ0n) is 22.1. The van der Waals surface area contributed by atoms with Gasteiger partial charge in [-0.05, 0) is 57.3 Å². The van der Waals surface area contributed by atoms with Crippen LogP contribution >= 0.6 is 0 Å². The number of unbranched alkanes of at least 4 members (excludes halogenated alkanes) is 3. The van der Waals surface area contributed by atoms with Crippen molar-refractivity contribution in [1.82, 2.24) is 19.2 Å². The predicted molar refractivity (Wildman–Crippen MR) is 144 cm³/mol. The Hall–Kier alpha value is -3.65. The van der Waals surface area contributed by atoms with E-state index in [9.17, 15) is 14.7 Å². The molecule has 37 heavy (non-hydrogen) atoms. The Morgan fingerprint density at radius 3 is 2.54 bits per heavy atom. The van der Waals surface area contributed by atoms with Gasteiger partial charge in [-0.3, -0.25) is 14.0 Å². The quantitative estimate of drug-likeness (QED) is 0.178. The zero-order valence-corrected chi connectivity index (χ0v) is 22.1. The maximum Gasteiger partial charge on any atom is 0.295 e. The van der Waals surface area contributed by atoms with Crippen molar-refractivity contribution in [3.05, 3.63) is 71.2 Å². The summed E-state index contributed by atoms with van der Waals surface area (Å²) in [5.41, 5.74) is 2.46. The molecule has 1 atom stereocenters. The number of fused-ring (bicyclic) bond motifs is 1. The molecule has 4 rings (SSSR count). The summed E-state index contributed by atoms with van der Waals surface area (Å²) in [7, 11) is 3.83. The number of benzene rings is 1. The van der Waals surface area contributed by atoms with E-state index in [1.54, 1.807) is 22.4 Å². The minimum Gasteiger partial charge on any atom is -0.505 e. The number of carbonyl (C=O) groups is 2. The van der Waals surface area contributed by atoms with Crippen molar-refractivity contribution in [1.29, 1.82) is 0 Å². The number of rotatable bonds is 11. The number of aryl methyl sites for hydroxylation is 1. The van der Waals surface area contributed by atoms with Crippen LogP contribution in [0.1, 0.15) is 55.6 Å². The molecule has 8 heteroatoms. The number of Topliss-reactive ketones (excluding diaryl/α,β-unsaturated/α-hetero) is 1. The molecule has 0 spiro atoms. The molecule has 3 aromatic rings. The highest BCUT2D eigenvalue weighted by molar-refractivity contribution is 6.46. The number of pyridine rings is 1. The number of likely N-dealkylation sites (N-methyl/N-ethyl adjacent to an activating group) is 1. The maximum atomic E-state index is 13.3. The highest BCUT2D eigenvalue weighted by Crippen LogP contribution is 2.40. The second-order valence-corrected chi connectivity index (χ2v) is 9.75. The van der Waals surface area contributed by atoms with Crippen molar-refractivity contribution in [2.75, 3.05) is 33.8 Å². The topological polar surface area (TPSA) is 87.4 Å². The Labute approximate surface area is 218 Å². The molecule has 1 amide bonds. The van der Waals surface area contributed by atoms with Crippen molar-refractivity contribution in [2.45, 2.75) is 45.6 Å². The van der Waals surface area contributed by atoms with E-state index in [-0.39, 0.29) is 11.3 Å². The summed E-state index contributed by atoms with van der Waals surface area (Å²) in [5.74, 6) is -0.787. The zero-order chi connectivity index (χ0) is 26.5. The van der Waals surface area contributed by atoms with Gasteiger partial charge in [0, 0.05) is 19.3 Å². The SMILES string of the molecule is CCCCCCOc1ccc(C2/C(=C(\O)c3c(C)nc4ccccn34)C(=O)C(=O)N2CCN(C)C)cc1. The van der Waals surface area contributed by atoms with Gasteiger partial charge in [-0.15, -0.1) is 0 Å². The Morgan fingerprint density at radius 1 is 1.08 bits per heavy atom. The Morgan fingerprint density at radius 2 is 1.84 bits per heavy atom. The van der Waals surface area contributed by atoms with Gasteiger partial charge in [0.1, 0.15) is 17.1 Å². The standard InChI is InChI=1S/C29H36N4O4/c1-5-6-7-10-19-37-22-14-12-21(13-15-22)26-24(28(35)29(36)33(26)18-17-31(3)4)27(34)25-20(2)30-23-11-8-9-16-32(23)25/h8-9,11-16,26,34H,5-7,10,17-19H2,1-4H3/b27-24+. The molecule has 0 saturated carbocycles. The summed E-state index contributed by atoms with van der Waals surface area (Å²) >= 11 is 0. The summed E-state index contributed by atoms with van der Waals surface area (Å²) in [5, 5.41) is 11.5. The van der Waals surface area contributed by atoms with Gasteiger partial charge in [0.25, 0.3) is 11.7 Å². The lowest BCUT2D eigenvalue weighted by Gasteiger charge is -2.26. The second-order valence-electron chi connectivity index (χ2n) is 9.75. The first kappa shape index (κ1) is 26.4. The predicted octanol–water partition coefficient (Wildman–Crippen LogP) is 4.59. The Balaban J connectivity index is 1.73. The highest BCUT2D eigenvalue weighted by atomic mass is 16.5. The molecule has 0 radical (unpaired) electrons. The molecule has 1 aromatic carbocycles. The van der Waals surface area contributed by atoms with E-state index in [1.165, 1.54) is 12.8 Å². The van der Waals surface area contributed by atoms with Crippen molar-refractivity contribution in [3.63, 3.8) is 0 Å². The molecule has 3 heterocycles. The lowest BCUT2D eigenvalue weighted by molar-refractivity contribution is -0.140. The maximum absolute atomic E-state index is 13.3. The normalized spacial score (nSPS) is 17.3. The van der Waals surface area contributed by atoms with Crippen LogP contribution in [0, 0.1) is 6.92 Å². The number of aliphatic hydroxyl groups is 1. The molecule has 0 aliphatic carbocycles. The number of hydrogen-bond donors (Lipinski definition) is 1. The minimum atomic E-state index is -0.716.